The predicted molar refractivity (Wildman–Crippen MR) is 96.3 cm³/mol. The minimum atomic E-state index is -0.891. The number of amides is 1. The molecule has 0 aliphatic heterocycles. The fraction of sp³-hybridized carbons (Fsp3) is 0.316. The van der Waals surface area contributed by atoms with Crippen molar-refractivity contribution >= 4 is 28.3 Å². The molecule has 1 heterocycles. The smallest absolute Gasteiger partial charge is 0.307 e. The fourth-order valence-corrected chi connectivity index (χ4v) is 4.86. The Labute approximate surface area is 149 Å². The van der Waals surface area contributed by atoms with Gasteiger partial charge in [-0.25, -0.2) is 4.98 Å². The van der Waals surface area contributed by atoms with E-state index >= 15 is 0 Å². The molecule has 1 fully saturated rings. The van der Waals surface area contributed by atoms with Crippen LogP contribution in [0.2, 0.25) is 0 Å². The number of carboxylic acids is 1. The molecule has 2 aliphatic rings. The molecular formula is C19H18N2O3S. The van der Waals surface area contributed by atoms with Crippen LogP contribution in [0.25, 0.3) is 11.3 Å². The molecule has 128 valence electrons. The molecule has 2 aromatic rings. The van der Waals surface area contributed by atoms with Gasteiger partial charge in [0.2, 0.25) is 5.91 Å². The molecule has 0 radical (unpaired) electrons. The number of thiazole rings is 1. The monoisotopic (exact) mass is 354 g/mol. The van der Waals surface area contributed by atoms with Crippen molar-refractivity contribution in [1.29, 1.82) is 0 Å². The number of carbonyl (C=O) groups excluding carboxylic acids is 1. The topological polar surface area (TPSA) is 79.3 Å². The molecular weight excluding hydrogens is 336 g/mol. The van der Waals surface area contributed by atoms with Crippen LogP contribution >= 0.6 is 11.3 Å². The minimum Gasteiger partial charge on any atom is -0.481 e. The van der Waals surface area contributed by atoms with E-state index in [1.807, 2.05) is 49.4 Å². The number of anilines is 1. The summed E-state index contributed by atoms with van der Waals surface area (Å²) in [6.45, 7) is 1.97. The number of hydrogen-bond acceptors (Lipinski definition) is 4. The van der Waals surface area contributed by atoms with E-state index in [4.69, 9.17) is 0 Å². The third kappa shape index (κ3) is 2.76. The van der Waals surface area contributed by atoms with Gasteiger partial charge in [0.1, 0.15) is 0 Å². The number of nitrogens with one attached hydrogen (secondary N) is 1. The number of fused-ring (bicyclic) bond motifs is 2. The molecule has 1 aromatic carbocycles. The Morgan fingerprint density at radius 2 is 1.84 bits per heavy atom. The highest BCUT2D eigenvalue weighted by Crippen LogP contribution is 2.48. The number of carboxylic acid groups (broad SMARTS) is 1. The molecule has 1 saturated carbocycles. The van der Waals surface area contributed by atoms with Crippen molar-refractivity contribution in [3.8, 4) is 11.3 Å². The van der Waals surface area contributed by atoms with Gasteiger partial charge in [-0.15, -0.1) is 11.3 Å². The normalized spacial score (nSPS) is 26.8. The van der Waals surface area contributed by atoms with Crippen molar-refractivity contribution in [2.24, 2.45) is 23.7 Å². The first-order chi connectivity index (χ1) is 12.0. The Balaban J connectivity index is 1.56. The van der Waals surface area contributed by atoms with Gasteiger partial charge in [-0.3, -0.25) is 9.59 Å². The summed E-state index contributed by atoms with van der Waals surface area (Å²) in [7, 11) is 0. The third-order valence-corrected chi connectivity index (χ3v) is 6.01. The average molecular weight is 354 g/mol. The van der Waals surface area contributed by atoms with Gasteiger partial charge in [-0.05, 0) is 25.2 Å². The van der Waals surface area contributed by atoms with Crippen molar-refractivity contribution in [3.05, 3.63) is 47.4 Å². The maximum absolute atomic E-state index is 12.7. The number of hydrogen-bond donors (Lipinski definition) is 2. The number of aliphatic carboxylic acids is 1. The van der Waals surface area contributed by atoms with Gasteiger partial charge in [0.15, 0.2) is 5.13 Å². The SMILES string of the molecule is Cc1sc(NC(=O)[C@H]2[C@H](C(=O)O)[C@H]3C=C[C@H]2C3)nc1-c1ccccc1. The van der Waals surface area contributed by atoms with Crippen LogP contribution in [-0.4, -0.2) is 22.0 Å². The zero-order chi connectivity index (χ0) is 17.6. The maximum Gasteiger partial charge on any atom is 0.307 e. The zero-order valence-corrected chi connectivity index (χ0v) is 14.5. The molecule has 4 rings (SSSR count). The van der Waals surface area contributed by atoms with Gasteiger partial charge in [-0.2, -0.15) is 0 Å². The van der Waals surface area contributed by atoms with Crippen LogP contribution in [0.5, 0.6) is 0 Å². The van der Waals surface area contributed by atoms with Crippen molar-refractivity contribution in [2.45, 2.75) is 13.3 Å². The summed E-state index contributed by atoms with van der Waals surface area (Å²) in [6.07, 6.45) is 4.67. The first-order valence-electron chi connectivity index (χ1n) is 8.29. The maximum atomic E-state index is 12.7. The first kappa shape index (κ1) is 16.0. The quantitative estimate of drug-likeness (QED) is 0.823. The summed E-state index contributed by atoms with van der Waals surface area (Å²) in [4.78, 5) is 29.9. The lowest BCUT2D eigenvalue weighted by molar-refractivity contribution is -0.146. The van der Waals surface area contributed by atoms with Crippen LogP contribution in [0.3, 0.4) is 0 Å². The summed E-state index contributed by atoms with van der Waals surface area (Å²) in [5.41, 5.74) is 1.85. The summed E-state index contributed by atoms with van der Waals surface area (Å²) in [5, 5.41) is 12.9. The number of aromatic nitrogens is 1. The number of allylic oxidation sites excluding steroid dienone is 2. The molecule has 2 N–H and O–H groups in total. The summed E-state index contributed by atoms with van der Waals surface area (Å²) in [6, 6.07) is 9.81. The number of aryl methyl sites for hydroxylation is 1. The van der Waals surface area contributed by atoms with Crippen LogP contribution < -0.4 is 5.32 Å². The average Bonchev–Trinajstić information content (AvgIpc) is 3.29. The van der Waals surface area contributed by atoms with Crippen molar-refractivity contribution in [3.63, 3.8) is 0 Å². The lowest BCUT2D eigenvalue weighted by atomic mass is 9.82. The molecule has 2 bridgehead atoms. The molecule has 5 nitrogen and oxygen atoms in total. The third-order valence-electron chi connectivity index (χ3n) is 5.12. The van der Waals surface area contributed by atoms with E-state index in [2.05, 4.69) is 10.3 Å². The molecule has 1 amide bonds. The van der Waals surface area contributed by atoms with E-state index < -0.39 is 17.8 Å². The summed E-state index contributed by atoms with van der Waals surface area (Å²) in [5.74, 6) is -2.30. The van der Waals surface area contributed by atoms with Crippen molar-refractivity contribution < 1.29 is 14.7 Å². The Kier molecular flexibility index (Phi) is 3.92. The molecule has 1 aromatic heterocycles. The van der Waals surface area contributed by atoms with Gasteiger partial charge >= 0.3 is 5.97 Å². The second kappa shape index (κ2) is 6.11. The van der Waals surface area contributed by atoms with Gasteiger partial charge < -0.3 is 10.4 Å². The highest BCUT2D eigenvalue weighted by atomic mass is 32.1. The second-order valence-corrected chi connectivity index (χ2v) is 7.82. The van der Waals surface area contributed by atoms with Gasteiger partial charge in [0.25, 0.3) is 0 Å². The summed E-state index contributed by atoms with van der Waals surface area (Å²) < 4.78 is 0. The molecule has 25 heavy (non-hydrogen) atoms. The molecule has 6 heteroatoms. The van der Waals surface area contributed by atoms with Crippen LogP contribution in [0, 0.1) is 30.6 Å². The Bertz CT molecular complexity index is 859. The number of rotatable bonds is 4. The molecule has 2 aliphatic carbocycles. The number of carbonyl (C=O) groups is 2. The van der Waals surface area contributed by atoms with Crippen LogP contribution in [0.4, 0.5) is 5.13 Å². The number of nitrogens with zero attached hydrogens (tertiary/aromatic N) is 1. The van der Waals surface area contributed by atoms with E-state index in [1.54, 1.807) is 0 Å². The zero-order valence-electron chi connectivity index (χ0n) is 13.7. The van der Waals surface area contributed by atoms with Crippen molar-refractivity contribution in [1.82, 2.24) is 4.98 Å². The lowest BCUT2D eigenvalue weighted by Crippen LogP contribution is -2.36. The molecule has 0 spiro atoms. The Morgan fingerprint density at radius 1 is 1.16 bits per heavy atom. The van der Waals surface area contributed by atoms with Crippen LogP contribution in [0.15, 0.2) is 42.5 Å². The summed E-state index contributed by atoms with van der Waals surface area (Å²) >= 11 is 1.42. The Morgan fingerprint density at radius 3 is 2.52 bits per heavy atom. The van der Waals surface area contributed by atoms with E-state index in [9.17, 15) is 14.7 Å². The van der Waals surface area contributed by atoms with Crippen LogP contribution in [-0.2, 0) is 9.59 Å². The van der Waals surface area contributed by atoms with E-state index in [1.165, 1.54) is 11.3 Å². The van der Waals surface area contributed by atoms with E-state index in [-0.39, 0.29) is 17.7 Å². The van der Waals surface area contributed by atoms with E-state index in [0.717, 1.165) is 22.6 Å². The number of benzene rings is 1. The molecule has 0 unspecified atom stereocenters. The predicted octanol–water partition coefficient (Wildman–Crippen LogP) is 3.58. The lowest BCUT2D eigenvalue weighted by Gasteiger charge is -2.23. The molecule has 4 atom stereocenters. The highest BCUT2D eigenvalue weighted by molar-refractivity contribution is 7.16. The first-order valence-corrected chi connectivity index (χ1v) is 9.11. The fourth-order valence-electron chi connectivity index (χ4n) is 4.02. The minimum absolute atomic E-state index is 0.0146. The second-order valence-electron chi connectivity index (χ2n) is 6.62. The molecule has 0 saturated heterocycles. The van der Waals surface area contributed by atoms with E-state index in [0.29, 0.717) is 5.13 Å². The van der Waals surface area contributed by atoms with Crippen molar-refractivity contribution in [2.75, 3.05) is 5.32 Å². The highest BCUT2D eigenvalue weighted by Gasteiger charge is 2.51. The van der Waals surface area contributed by atoms with Gasteiger partial charge in [0, 0.05) is 10.4 Å². The Hall–Kier alpha value is -2.47. The van der Waals surface area contributed by atoms with Gasteiger partial charge in [-0.1, -0.05) is 42.5 Å². The van der Waals surface area contributed by atoms with Gasteiger partial charge in [0.05, 0.1) is 17.5 Å². The standard InChI is InChI=1S/C19H18N2O3S/c1-10-16(11-5-3-2-4-6-11)20-19(25-10)21-17(22)14-12-7-8-13(9-12)15(14)18(23)24/h2-8,12-15H,9H2,1H3,(H,23,24)(H,20,21,22)/t12-,13-,14+,15+/m0/s1. The van der Waals surface area contributed by atoms with Crippen LogP contribution in [0.1, 0.15) is 11.3 Å². The largest absolute Gasteiger partial charge is 0.481 e.